The number of rotatable bonds is 2. The lowest BCUT2D eigenvalue weighted by Gasteiger charge is -2.34. The van der Waals surface area contributed by atoms with Gasteiger partial charge in [-0.2, -0.15) is 0 Å². The maximum absolute atomic E-state index is 12.9. The van der Waals surface area contributed by atoms with Gasteiger partial charge in [0.1, 0.15) is 0 Å². The van der Waals surface area contributed by atoms with E-state index in [2.05, 4.69) is 28.2 Å². The highest BCUT2D eigenvalue weighted by Gasteiger charge is 2.39. The van der Waals surface area contributed by atoms with Gasteiger partial charge in [-0.3, -0.25) is 4.79 Å². The van der Waals surface area contributed by atoms with Crippen LogP contribution in [0.1, 0.15) is 35.0 Å². The van der Waals surface area contributed by atoms with Crippen molar-refractivity contribution < 1.29 is 4.79 Å². The topological polar surface area (TPSA) is 46.3 Å². The predicted octanol–water partition coefficient (Wildman–Crippen LogP) is 3.99. The molecule has 0 saturated carbocycles. The van der Waals surface area contributed by atoms with E-state index in [0.29, 0.717) is 6.54 Å². The maximum Gasteiger partial charge on any atom is 0.264 e. The van der Waals surface area contributed by atoms with Crippen LogP contribution in [-0.4, -0.2) is 29.4 Å². The van der Waals surface area contributed by atoms with E-state index >= 15 is 0 Å². The van der Waals surface area contributed by atoms with Crippen LogP contribution in [0.25, 0.3) is 9.40 Å². The Balaban J connectivity index is 2.02. The fraction of sp³-hybridized carbons (Fsp3) is 0.500. The van der Waals surface area contributed by atoms with Crippen molar-refractivity contribution in [3.8, 4) is 0 Å². The molecule has 0 aromatic carbocycles. The van der Waals surface area contributed by atoms with E-state index in [1.807, 2.05) is 11.8 Å². The number of thiophene rings is 2. The number of likely N-dealkylation sites (tertiary alicyclic amines) is 1. The molecule has 0 bridgehead atoms. The second-order valence-corrected chi connectivity index (χ2v) is 8.31. The summed E-state index contributed by atoms with van der Waals surface area (Å²) in [5.41, 5.74) is 6.82. The molecule has 108 valence electrons. The maximum atomic E-state index is 12.9. The molecule has 1 fully saturated rings. The van der Waals surface area contributed by atoms with Crippen LogP contribution in [0.3, 0.4) is 0 Å². The molecule has 1 saturated heterocycles. The van der Waals surface area contributed by atoms with Gasteiger partial charge in [-0.05, 0) is 48.2 Å². The zero-order chi connectivity index (χ0) is 14.5. The summed E-state index contributed by atoms with van der Waals surface area (Å²) in [4.78, 5) is 15.7. The summed E-state index contributed by atoms with van der Waals surface area (Å²) < 4.78 is 3.50. The number of carbonyl (C=O) groups excluding carboxylic acids is 1. The number of aryl methyl sites for hydroxylation is 1. The Bertz CT molecular complexity index is 678. The van der Waals surface area contributed by atoms with Crippen LogP contribution < -0.4 is 5.73 Å². The van der Waals surface area contributed by atoms with Crippen LogP contribution in [0.15, 0.2) is 9.85 Å². The van der Waals surface area contributed by atoms with Crippen LogP contribution in [0.2, 0.25) is 0 Å². The smallest absolute Gasteiger partial charge is 0.264 e. The molecular formula is C14H17BrN2OS2. The van der Waals surface area contributed by atoms with E-state index < -0.39 is 0 Å². The molecule has 1 unspecified atom stereocenters. The van der Waals surface area contributed by atoms with Crippen LogP contribution in [0.5, 0.6) is 0 Å². The lowest BCUT2D eigenvalue weighted by molar-refractivity contribution is 0.0641. The fourth-order valence-corrected chi connectivity index (χ4v) is 6.03. The minimum absolute atomic E-state index is 0.147. The van der Waals surface area contributed by atoms with E-state index in [1.165, 1.54) is 9.40 Å². The first-order valence-corrected chi connectivity index (χ1v) is 9.15. The highest BCUT2D eigenvalue weighted by Crippen LogP contribution is 2.42. The Morgan fingerprint density at radius 1 is 1.55 bits per heavy atom. The second kappa shape index (κ2) is 5.09. The Kier molecular flexibility index (Phi) is 3.69. The second-order valence-electron chi connectivity index (χ2n) is 5.56. The molecule has 0 aliphatic carbocycles. The molecule has 3 nitrogen and oxygen atoms in total. The van der Waals surface area contributed by atoms with Gasteiger partial charge in [-0.25, -0.2) is 0 Å². The molecule has 2 aromatic heterocycles. The third-order valence-electron chi connectivity index (χ3n) is 4.22. The average molecular weight is 373 g/mol. The number of hydrogen-bond acceptors (Lipinski definition) is 4. The van der Waals surface area contributed by atoms with E-state index in [0.717, 1.165) is 34.3 Å². The Morgan fingerprint density at radius 2 is 2.30 bits per heavy atom. The summed E-state index contributed by atoms with van der Waals surface area (Å²) in [7, 11) is 0. The van der Waals surface area contributed by atoms with Crippen molar-refractivity contribution in [2.24, 2.45) is 5.73 Å². The minimum atomic E-state index is -0.182. The van der Waals surface area contributed by atoms with E-state index in [-0.39, 0.29) is 11.4 Å². The summed E-state index contributed by atoms with van der Waals surface area (Å²) in [6.45, 7) is 5.49. The number of halogens is 1. The molecule has 0 radical (unpaired) electrons. The van der Waals surface area contributed by atoms with Crippen molar-refractivity contribution in [2.45, 2.75) is 32.2 Å². The molecule has 1 amide bonds. The number of amides is 1. The first-order valence-electron chi connectivity index (χ1n) is 6.66. The number of nitrogens with two attached hydrogens (primary N) is 1. The highest BCUT2D eigenvalue weighted by atomic mass is 79.9. The molecule has 20 heavy (non-hydrogen) atoms. The van der Waals surface area contributed by atoms with Gasteiger partial charge >= 0.3 is 0 Å². The quantitative estimate of drug-likeness (QED) is 0.865. The molecular weight excluding hydrogens is 356 g/mol. The largest absolute Gasteiger partial charge is 0.331 e. The predicted molar refractivity (Wildman–Crippen MR) is 89.9 cm³/mol. The van der Waals surface area contributed by atoms with Gasteiger partial charge in [-0.15, -0.1) is 22.7 Å². The SMILES string of the molecule is Cc1c(C(=O)N2CCCC2(C)CN)sc2c(Br)csc12. The van der Waals surface area contributed by atoms with Crippen molar-refractivity contribution in [1.29, 1.82) is 0 Å². The summed E-state index contributed by atoms with van der Waals surface area (Å²) in [5.74, 6) is 0.147. The van der Waals surface area contributed by atoms with Crippen molar-refractivity contribution >= 4 is 53.9 Å². The van der Waals surface area contributed by atoms with Crippen LogP contribution in [0, 0.1) is 6.92 Å². The molecule has 1 atom stereocenters. The first kappa shape index (κ1) is 14.5. The molecule has 1 aliphatic heterocycles. The van der Waals surface area contributed by atoms with Crippen LogP contribution in [0.4, 0.5) is 0 Å². The summed E-state index contributed by atoms with van der Waals surface area (Å²) in [6, 6.07) is 0. The summed E-state index contributed by atoms with van der Waals surface area (Å²) >= 11 is 6.85. The molecule has 6 heteroatoms. The lowest BCUT2D eigenvalue weighted by Crippen LogP contribution is -2.49. The number of fused-ring (bicyclic) bond motifs is 1. The van der Waals surface area contributed by atoms with Crippen LogP contribution >= 0.6 is 38.6 Å². The molecule has 3 heterocycles. The third-order valence-corrected chi connectivity index (χ3v) is 7.95. The van der Waals surface area contributed by atoms with Crippen molar-refractivity contribution in [2.75, 3.05) is 13.1 Å². The first-order chi connectivity index (χ1) is 9.48. The molecule has 3 rings (SSSR count). The third kappa shape index (κ3) is 2.04. The standard InChI is InChI=1S/C14H17BrN2OS2/c1-8-10-12(9(15)6-19-10)20-11(8)13(18)17-5-3-4-14(17,2)7-16/h6H,3-5,7,16H2,1-2H3. The van der Waals surface area contributed by atoms with Crippen molar-refractivity contribution in [3.63, 3.8) is 0 Å². The number of hydrogen-bond donors (Lipinski definition) is 1. The number of nitrogens with zero attached hydrogens (tertiary/aromatic N) is 1. The lowest BCUT2D eigenvalue weighted by atomic mass is 9.99. The van der Waals surface area contributed by atoms with E-state index in [1.54, 1.807) is 22.7 Å². The van der Waals surface area contributed by atoms with Gasteiger partial charge in [0.05, 0.1) is 15.1 Å². The molecule has 1 aliphatic rings. The van der Waals surface area contributed by atoms with Crippen LogP contribution in [-0.2, 0) is 0 Å². The highest BCUT2D eigenvalue weighted by molar-refractivity contribution is 9.10. The molecule has 0 spiro atoms. The monoisotopic (exact) mass is 372 g/mol. The summed E-state index contributed by atoms with van der Waals surface area (Å²) in [6.07, 6.45) is 2.04. The fourth-order valence-electron chi connectivity index (χ4n) is 2.87. The van der Waals surface area contributed by atoms with Gasteiger partial charge < -0.3 is 10.6 Å². The molecule has 2 aromatic rings. The van der Waals surface area contributed by atoms with E-state index in [9.17, 15) is 4.79 Å². The zero-order valence-corrected chi connectivity index (χ0v) is 14.8. The van der Waals surface area contributed by atoms with E-state index in [4.69, 9.17) is 5.73 Å². The van der Waals surface area contributed by atoms with Gasteiger partial charge in [0.2, 0.25) is 0 Å². The Morgan fingerprint density at radius 3 is 2.95 bits per heavy atom. The Labute approximate surface area is 134 Å². The normalized spacial score (nSPS) is 22.9. The van der Waals surface area contributed by atoms with Crippen molar-refractivity contribution in [1.82, 2.24) is 4.90 Å². The van der Waals surface area contributed by atoms with Gasteiger partial charge in [-0.1, -0.05) is 0 Å². The zero-order valence-electron chi connectivity index (χ0n) is 11.5. The van der Waals surface area contributed by atoms with Crippen molar-refractivity contribution in [3.05, 3.63) is 20.3 Å². The molecule has 2 N–H and O–H groups in total. The minimum Gasteiger partial charge on any atom is -0.331 e. The Hall–Kier alpha value is -0.430. The van der Waals surface area contributed by atoms with Gasteiger partial charge in [0.15, 0.2) is 0 Å². The van der Waals surface area contributed by atoms with Gasteiger partial charge in [0, 0.05) is 27.6 Å². The summed E-state index contributed by atoms with van der Waals surface area (Å²) in [5, 5.41) is 2.09. The number of carbonyl (C=O) groups is 1. The van der Waals surface area contributed by atoms with Gasteiger partial charge in [0.25, 0.3) is 5.91 Å². The average Bonchev–Trinajstić information content (AvgIpc) is 3.08.